The summed E-state index contributed by atoms with van der Waals surface area (Å²) in [4.78, 5) is 0. The van der Waals surface area contributed by atoms with Crippen LogP contribution in [0.15, 0.2) is 29.4 Å². The highest BCUT2D eigenvalue weighted by Crippen LogP contribution is 2.12. The summed E-state index contributed by atoms with van der Waals surface area (Å²) in [6, 6.07) is 7.27. The lowest BCUT2D eigenvalue weighted by Crippen LogP contribution is -1.88. The van der Waals surface area contributed by atoms with Crippen molar-refractivity contribution in [2.75, 3.05) is 11.3 Å². The number of hydrazone groups is 1. The van der Waals surface area contributed by atoms with Gasteiger partial charge in [-0.05, 0) is 24.3 Å². The first-order valence-corrected chi connectivity index (χ1v) is 4.33. The van der Waals surface area contributed by atoms with Crippen LogP contribution in [-0.4, -0.2) is 12.1 Å². The third kappa shape index (κ3) is 3.11. The van der Waals surface area contributed by atoms with Crippen molar-refractivity contribution in [2.24, 2.45) is 5.10 Å². The minimum atomic E-state index is 0.403. The number of halogens is 2. The number of alkyl halides is 1. The Labute approximate surface area is 81.2 Å². The summed E-state index contributed by atoms with van der Waals surface area (Å²) in [5.74, 6) is 0.403. The van der Waals surface area contributed by atoms with Crippen LogP contribution in [0.1, 0.15) is 0 Å². The molecule has 1 aromatic carbocycles. The third-order valence-corrected chi connectivity index (χ3v) is 1.59. The van der Waals surface area contributed by atoms with Crippen molar-refractivity contribution in [3.63, 3.8) is 0 Å². The van der Waals surface area contributed by atoms with E-state index in [1.165, 1.54) is 0 Å². The fraction of sp³-hybridized carbons (Fsp3) is 0.125. The molecule has 0 aliphatic heterocycles. The van der Waals surface area contributed by atoms with Crippen molar-refractivity contribution in [3.05, 3.63) is 29.3 Å². The Hall–Kier alpha value is -0.730. The minimum Gasteiger partial charge on any atom is -0.279 e. The van der Waals surface area contributed by atoms with Crippen molar-refractivity contribution in [2.45, 2.75) is 0 Å². The largest absolute Gasteiger partial charge is 0.279 e. The molecule has 4 heteroatoms. The molecule has 0 aliphatic carbocycles. The molecule has 0 fully saturated rings. The molecule has 12 heavy (non-hydrogen) atoms. The standard InChI is InChI=1S/C8H8Cl2N2/c9-5-6-11-12-8-3-1-7(10)2-4-8/h1-4,6,12H,5H2. The number of benzene rings is 1. The summed E-state index contributed by atoms with van der Waals surface area (Å²) in [6.45, 7) is 0. The van der Waals surface area contributed by atoms with Gasteiger partial charge in [0.2, 0.25) is 0 Å². The van der Waals surface area contributed by atoms with Gasteiger partial charge < -0.3 is 0 Å². The molecular weight excluding hydrogens is 195 g/mol. The lowest BCUT2D eigenvalue weighted by molar-refractivity contribution is 1.35. The first kappa shape index (κ1) is 9.36. The monoisotopic (exact) mass is 202 g/mol. The van der Waals surface area contributed by atoms with Gasteiger partial charge in [-0.15, -0.1) is 11.6 Å². The number of hydrogen-bond acceptors (Lipinski definition) is 2. The van der Waals surface area contributed by atoms with Crippen molar-refractivity contribution in [1.29, 1.82) is 0 Å². The second-order valence-corrected chi connectivity index (χ2v) is 2.83. The van der Waals surface area contributed by atoms with Gasteiger partial charge in [0.1, 0.15) is 0 Å². The van der Waals surface area contributed by atoms with Crippen LogP contribution in [0.2, 0.25) is 5.02 Å². The van der Waals surface area contributed by atoms with Crippen molar-refractivity contribution in [3.8, 4) is 0 Å². The Balaban J connectivity index is 2.53. The first-order chi connectivity index (χ1) is 5.83. The van der Waals surface area contributed by atoms with Crippen LogP contribution in [0, 0.1) is 0 Å². The van der Waals surface area contributed by atoms with Crippen molar-refractivity contribution >= 4 is 35.1 Å². The van der Waals surface area contributed by atoms with E-state index >= 15 is 0 Å². The average molecular weight is 203 g/mol. The topological polar surface area (TPSA) is 24.4 Å². The van der Waals surface area contributed by atoms with Crippen molar-refractivity contribution < 1.29 is 0 Å². The maximum Gasteiger partial charge on any atom is 0.0595 e. The van der Waals surface area contributed by atoms with Crippen LogP contribution in [0.4, 0.5) is 5.69 Å². The predicted octanol–water partition coefficient (Wildman–Crippen LogP) is 2.98. The molecule has 1 aromatic rings. The zero-order valence-electron chi connectivity index (χ0n) is 6.30. The Bertz CT molecular complexity index is 256. The van der Waals surface area contributed by atoms with E-state index in [-0.39, 0.29) is 0 Å². The van der Waals surface area contributed by atoms with Crippen molar-refractivity contribution in [1.82, 2.24) is 0 Å². The Morgan fingerprint density at radius 2 is 2.00 bits per heavy atom. The van der Waals surface area contributed by atoms with Crippen LogP contribution in [-0.2, 0) is 0 Å². The molecule has 0 saturated heterocycles. The van der Waals surface area contributed by atoms with Gasteiger partial charge >= 0.3 is 0 Å². The van der Waals surface area contributed by atoms with Gasteiger partial charge in [-0.1, -0.05) is 11.6 Å². The van der Waals surface area contributed by atoms with Crippen LogP contribution in [0.3, 0.4) is 0 Å². The molecule has 1 N–H and O–H groups in total. The maximum absolute atomic E-state index is 5.69. The SMILES string of the molecule is ClCC=NNc1ccc(Cl)cc1. The van der Waals surface area contributed by atoms with Crippen LogP contribution in [0.25, 0.3) is 0 Å². The molecule has 0 radical (unpaired) electrons. The summed E-state index contributed by atoms with van der Waals surface area (Å²) in [6.07, 6.45) is 1.58. The van der Waals surface area contributed by atoms with E-state index in [0.717, 1.165) is 5.69 Å². The molecule has 0 amide bonds. The Morgan fingerprint density at radius 3 is 2.58 bits per heavy atom. The second-order valence-electron chi connectivity index (χ2n) is 2.08. The van der Waals surface area contributed by atoms with E-state index in [4.69, 9.17) is 23.2 Å². The molecule has 1 rings (SSSR count). The van der Waals surface area contributed by atoms with E-state index < -0.39 is 0 Å². The number of anilines is 1. The molecule has 0 heterocycles. The summed E-state index contributed by atoms with van der Waals surface area (Å²) in [5.41, 5.74) is 3.69. The number of hydrogen-bond donors (Lipinski definition) is 1. The summed E-state index contributed by atoms with van der Waals surface area (Å²) >= 11 is 11.1. The molecule has 64 valence electrons. The number of nitrogens with zero attached hydrogens (tertiary/aromatic N) is 1. The molecule has 0 atom stereocenters. The van der Waals surface area contributed by atoms with Gasteiger partial charge in [-0.3, -0.25) is 5.43 Å². The second kappa shape index (κ2) is 5.01. The molecule has 0 saturated carbocycles. The van der Waals surface area contributed by atoms with Gasteiger partial charge in [0.25, 0.3) is 0 Å². The van der Waals surface area contributed by atoms with Gasteiger partial charge in [-0.25, -0.2) is 0 Å². The zero-order chi connectivity index (χ0) is 8.81. The number of nitrogens with one attached hydrogen (secondary N) is 1. The molecular formula is C8H8Cl2N2. The van der Waals surface area contributed by atoms with Gasteiger partial charge in [0.05, 0.1) is 11.6 Å². The molecule has 0 aliphatic rings. The molecule has 0 aromatic heterocycles. The average Bonchev–Trinajstić information content (AvgIpc) is 2.09. The zero-order valence-corrected chi connectivity index (χ0v) is 7.81. The Morgan fingerprint density at radius 1 is 1.33 bits per heavy atom. The lowest BCUT2D eigenvalue weighted by Gasteiger charge is -1.98. The molecule has 2 nitrogen and oxygen atoms in total. The Kier molecular flexibility index (Phi) is 3.91. The molecule has 0 unspecified atom stereocenters. The van der Waals surface area contributed by atoms with E-state index in [1.807, 2.05) is 12.1 Å². The van der Waals surface area contributed by atoms with Crippen LogP contribution < -0.4 is 5.43 Å². The highest BCUT2D eigenvalue weighted by atomic mass is 35.5. The van der Waals surface area contributed by atoms with E-state index in [2.05, 4.69) is 10.5 Å². The minimum absolute atomic E-state index is 0.403. The predicted molar refractivity (Wildman–Crippen MR) is 54.3 cm³/mol. The van der Waals surface area contributed by atoms with E-state index in [1.54, 1.807) is 18.3 Å². The van der Waals surface area contributed by atoms with Crippen LogP contribution >= 0.6 is 23.2 Å². The van der Waals surface area contributed by atoms with E-state index in [0.29, 0.717) is 10.9 Å². The van der Waals surface area contributed by atoms with Crippen LogP contribution in [0.5, 0.6) is 0 Å². The number of rotatable bonds is 3. The van der Waals surface area contributed by atoms with Gasteiger partial charge in [0.15, 0.2) is 0 Å². The molecule has 0 bridgehead atoms. The van der Waals surface area contributed by atoms with E-state index in [9.17, 15) is 0 Å². The summed E-state index contributed by atoms with van der Waals surface area (Å²) in [5, 5.41) is 4.55. The smallest absolute Gasteiger partial charge is 0.0595 e. The highest BCUT2D eigenvalue weighted by Gasteiger charge is 1.87. The summed E-state index contributed by atoms with van der Waals surface area (Å²) < 4.78 is 0. The maximum atomic E-state index is 5.69. The lowest BCUT2D eigenvalue weighted by atomic mass is 10.3. The third-order valence-electron chi connectivity index (χ3n) is 1.20. The van der Waals surface area contributed by atoms with Gasteiger partial charge in [0, 0.05) is 11.2 Å². The normalized spacial score (nSPS) is 10.5. The first-order valence-electron chi connectivity index (χ1n) is 3.42. The highest BCUT2D eigenvalue weighted by molar-refractivity contribution is 6.30. The fourth-order valence-corrected chi connectivity index (χ4v) is 0.874. The summed E-state index contributed by atoms with van der Waals surface area (Å²) in [7, 11) is 0. The van der Waals surface area contributed by atoms with Gasteiger partial charge in [-0.2, -0.15) is 5.10 Å². The molecule has 0 spiro atoms. The fourth-order valence-electron chi connectivity index (χ4n) is 0.679. The quantitative estimate of drug-likeness (QED) is 0.455.